The van der Waals surface area contributed by atoms with Crippen molar-refractivity contribution in [2.45, 2.75) is 75.7 Å². The monoisotopic (exact) mass is 502 g/mol. The molecule has 2 fully saturated rings. The van der Waals surface area contributed by atoms with Gasteiger partial charge in [-0.25, -0.2) is 4.79 Å². The molecule has 11 nitrogen and oxygen atoms in total. The minimum Gasteiger partial charge on any atom is -0.467 e. The summed E-state index contributed by atoms with van der Waals surface area (Å²) in [5, 5.41) is 17.7. The predicted octanol–water partition coefficient (Wildman–Crippen LogP) is -0.588. The number of piperidine rings is 1. The van der Waals surface area contributed by atoms with Crippen molar-refractivity contribution in [3.63, 3.8) is 0 Å². The van der Waals surface area contributed by atoms with E-state index in [1.807, 2.05) is 30.3 Å². The van der Waals surface area contributed by atoms with Crippen molar-refractivity contribution < 1.29 is 33.8 Å². The number of methoxy groups -OCH3 is 1. The van der Waals surface area contributed by atoms with Gasteiger partial charge in [0.05, 0.1) is 13.2 Å². The number of hydrogen-bond acceptors (Lipinski definition) is 7. The lowest BCUT2D eigenvalue weighted by Gasteiger charge is -2.44. The standard InChI is InChI=1S/C25H34N4O7/c1-15(30)20(26-16(2)31)21(32)27-18-10-12-25(11-7-13-29(25)22(18)33)24(35)28-19(23(34)36-3)14-17-8-5-4-6-9-17/h4-6,8-9,15,18-20,30H,7,10-14H2,1-3H3,(H,26,31)(H,27,32)(H,28,35)/t15?,18-,19+,20+,25-/m1/s1. The van der Waals surface area contributed by atoms with Crippen molar-refractivity contribution in [2.24, 2.45) is 0 Å². The summed E-state index contributed by atoms with van der Waals surface area (Å²) in [5.74, 6) is -2.58. The van der Waals surface area contributed by atoms with Gasteiger partial charge in [0.1, 0.15) is 23.7 Å². The van der Waals surface area contributed by atoms with E-state index in [9.17, 15) is 29.1 Å². The molecule has 1 unspecified atom stereocenters. The Labute approximate surface area is 209 Å². The number of aliphatic hydroxyl groups excluding tert-OH is 1. The molecule has 0 spiro atoms. The van der Waals surface area contributed by atoms with Crippen LogP contribution in [0.1, 0.15) is 45.1 Å². The molecule has 11 heteroatoms. The minimum absolute atomic E-state index is 0.197. The molecule has 4 amide bonds. The third kappa shape index (κ3) is 5.84. The van der Waals surface area contributed by atoms with E-state index < -0.39 is 59.4 Å². The quantitative estimate of drug-likeness (QED) is 0.329. The molecular formula is C25H34N4O7. The van der Waals surface area contributed by atoms with Gasteiger partial charge in [-0.05, 0) is 38.2 Å². The number of ether oxygens (including phenoxy) is 1. The molecular weight excluding hydrogens is 468 g/mol. The van der Waals surface area contributed by atoms with Crippen LogP contribution in [0.25, 0.3) is 0 Å². The maximum absolute atomic E-state index is 13.5. The highest BCUT2D eigenvalue weighted by Crippen LogP contribution is 2.39. The van der Waals surface area contributed by atoms with Crippen molar-refractivity contribution in [1.82, 2.24) is 20.9 Å². The summed E-state index contributed by atoms with van der Waals surface area (Å²) in [6.45, 7) is 2.93. The number of aliphatic hydroxyl groups is 1. The number of carbonyl (C=O) groups is 5. The highest BCUT2D eigenvalue weighted by molar-refractivity contribution is 5.98. The lowest BCUT2D eigenvalue weighted by atomic mass is 9.83. The molecule has 3 rings (SSSR count). The molecule has 0 saturated carbocycles. The Bertz CT molecular complexity index is 999. The van der Waals surface area contributed by atoms with E-state index in [-0.39, 0.29) is 19.3 Å². The number of carbonyl (C=O) groups excluding carboxylic acids is 5. The third-order valence-electron chi connectivity index (χ3n) is 6.84. The molecule has 2 aliphatic heterocycles. The zero-order chi connectivity index (χ0) is 26.5. The van der Waals surface area contributed by atoms with Crippen LogP contribution in [0.5, 0.6) is 0 Å². The normalized spacial score (nSPS) is 23.6. The van der Waals surface area contributed by atoms with Crippen molar-refractivity contribution in [3.8, 4) is 0 Å². The first-order valence-electron chi connectivity index (χ1n) is 12.1. The Morgan fingerprint density at radius 2 is 1.86 bits per heavy atom. The van der Waals surface area contributed by atoms with Crippen LogP contribution in [0.2, 0.25) is 0 Å². The van der Waals surface area contributed by atoms with Crippen LogP contribution in [0, 0.1) is 0 Å². The van der Waals surface area contributed by atoms with Crippen molar-refractivity contribution >= 4 is 29.6 Å². The Hall–Kier alpha value is -3.47. The van der Waals surface area contributed by atoms with Gasteiger partial charge >= 0.3 is 5.97 Å². The van der Waals surface area contributed by atoms with E-state index in [0.717, 1.165) is 5.56 Å². The van der Waals surface area contributed by atoms with E-state index in [0.29, 0.717) is 19.4 Å². The number of amides is 4. The van der Waals surface area contributed by atoms with Gasteiger partial charge in [0, 0.05) is 19.9 Å². The fourth-order valence-corrected chi connectivity index (χ4v) is 5.00. The van der Waals surface area contributed by atoms with E-state index in [4.69, 9.17) is 4.74 Å². The second-order valence-corrected chi connectivity index (χ2v) is 9.38. The topological polar surface area (TPSA) is 154 Å². The summed E-state index contributed by atoms with van der Waals surface area (Å²) in [6.07, 6.45) is 0.600. The molecule has 36 heavy (non-hydrogen) atoms. The molecule has 0 radical (unpaired) electrons. The number of benzene rings is 1. The summed E-state index contributed by atoms with van der Waals surface area (Å²) in [6, 6.07) is 6.21. The van der Waals surface area contributed by atoms with Crippen molar-refractivity contribution in [2.75, 3.05) is 13.7 Å². The first-order chi connectivity index (χ1) is 17.1. The SMILES string of the molecule is COC(=O)[C@H](Cc1ccccc1)NC(=O)[C@]12CCCN1C(=O)[C@H](NC(=O)[C@@H](NC(C)=O)C(C)O)CC2. The fraction of sp³-hybridized carbons (Fsp3) is 0.560. The summed E-state index contributed by atoms with van der Waals surface area (Å²) in [7, 11) is 1.26. The summed E-state index contributed by atoms with van der Waals surface area (Å²) in [4.78, 5) is 64.9. The smallest absolute Gasteiger partial charge is 0.328 e. The maximum atomic E-state index is 13.5. The Morgan fingerprint density at radius 1 is 1.17 bits per heavy atom. The average Bonchev–Trinajstić information content (AvgIpc) is 3.30. The van der Waals surface area contributed by atoms with Gasteiger partial charge in [-0.1, -0.05) is 30.3 Å². The zero-order valence-corrected chi connectivity index (χ0v) is 20.8. The largest absolute Gasteiger partial charge is 0.467 e. The minimum atomic E-state index is -1.21. The van der Waals surface area contributed by atoms with Crippen molar-refractivity contribution in [3.05, 3.63) is 35.9 Å². The van der Waals surface area contributed by atoms with Gasteiger partial charge in [-0.3, -0.25) is 19.2 Å². The predicted molar refractivity (Wildman–Crippen MR) is 128 cm³/mol. The molecule has 196 valence electrons. The lowest BCUT2D eigenvalue weighted by Crippen LogP contribution is -2.67. The van der Waals surface area contributed by atoms with Crippen LogP contribution in [-0.4, -0.2) is 83.0 Å². The van der Waals surface area contributed by atoms with Crippen LogP contribution in [0.15, 0.2) is 30.3 Å². The van der Waals surface area contributed by atoms with Gasteiger partial charge in [-0.15, -0.1) is 0 Å². The Balaban J connectivity index is 1.73. The molecule has 5 atom stereocenters. The average molecular weight is 503 g/mol. The number of rotatable bonds is 9. The van der Waals surface area contributed by atoms with Gasteiger partial charge in [0.25, 0.3) is 0 Å². The van der Waals surface area contributed by atoms with E-state index >= 15 is 0 Å². The number of nitrogens with one attached hydrogen (secondary N) is 3. The molecule has 0 aliphatic carbocycles. The molecule has 0 aromatic heterocycles. The number of hydrogen-bond donors (Lipinski definition) is 4. The Kier molecular flexibility index (Phi) is 8.67. The number of fused-ring (bicyclic) bond motifs is 1. The first kappa shape index (κ1) is 27.1. The van der Waals surface area contributed by atoms with Crippen molar-refractivity contribution in [1.29, 1.82) is 0 Å². The maximum Gasteiger partial charge on any atom is 0.328 e. The molecule has 2 heterocycles. The highest BCUT2D eigenvalue weighted by atomic mass is 16.5. The second kappa shape index (κ2) is 11.5. The molecule has 1 aromatic carbocycles. The lowest BCUT2D eigenvalue weighted by molar-refractivity contribution is -0.154. The number of nitrogens with zero attached hydrogens (tertiary/aromatic N) is 1. The van der Waals surface area contributed by atoms with Crippen LogP contribution in [0.3, 0.4) is 0 Å². The molecule has 1 aromatic rings. The molecule has 2 aliphatic rings. The van der Waals surface area contributed by atoms with Crippen LogP contribution in [0.4, 0.5) is 0 Å². The summed E-state index contributed by atoms with van der Waals surface area (Å²) < 4.78 is 4.90. The first-order valence-corrected chi connectivity index (χ1v) is 12.1. The summed E-state index contributed by atoms with van der Waals surface area (Å²) >= 11 is 0. The molecule has 0 bridgehead atoms. The van der Waals surface area contributed by atoms with Gasteiger partial charge in [0.15, 0.2) is 0 Å². The molecule has 2 saturated heterocycles. The van der Waals surface area contributed by atoms with Crippen LogP contribution in [-0.2, 0) is 35.1 Å². The van der Waals surface area contributed by atoms with E-state index in [2.05, 4.69) is 16.0 Å². The van der Waals surface area contributed by atoms with Gasteiger partial charge in [0.2, 0.25) is 23.6 Å². The Morgan fingerprint density at radius 3 is 2.47 bits per heavy atom. The molecule has 4 N–H and O–H groups in total. The third-order valence-corrected chi connectivity index (χ3v) is 6.84. The summed E-state index contributed by atoms with van der Waals surface area (Å²) in [5.41, 5.74) is -0.272. The van der Waals surface area contributed by atoms with Gasteiger partial charge < -0.3 is 30.7 Å². The van der Waals surface area contributed by atoms with Gasteiger partial charge in [-0.2, -0.15) is 0 Å². The number of esters is 1. The fourth-order valence-electron chi connectivity index (χ4n) is 5.00. The second-order valence-electron chi connectivity index (χ2n) is 9.38. The van der Waals surface area contributed by atoms with Crippen LogP contribution >= 0.6 is 0 Å². The van der Waals surface area contributed by atoms with E-state index in [1.165, 1.54) is 25.9 Å². The highest BCUT2D eigenvalue weighted by Gasteiger charge is 2.54. The zero-order valence-electron chi connectivity index (χ0n) is 20.8. The van der Waals surface area contributed by atoms with E-state index in [1.54, 1.807) is 0 Å². The van der Waals surface area contributed by atoms with Crippen LogP contribution < -0.4 is 16.0 Å².